The molecule has 0 spiro atoms. The summed E-state index contributed by atoms with van der Waals surface area (Å²) in [5.41, 5.74) is 3.91. The van der Waals surface area contributed by atoms with Crippen LogP contribution >= 0.6 is 0 Å². The zero-order valence-electron chi connectivity index (χ0n) is 16.4. The predicted molar refractivity (Wildman–Crippen MR) is 105 cm³/mol. The van der Waals surface area contributed by atoms with E-state index in [0.29, 0.717) is 6.42 Å². The zero-order chi connectivity index (χ0) is 19.4. The average molecular weight is 384 g/mol. The number of rotatable bonds is 2. The second-order valence-electron chi connectivity index (χ2n) is 8.54. The molecule has 1 aromatic heterocycles. The molecule has 1 aromatic carbocycles. The standard InChI is InChI=1S/C22H28N2O4/c1-27-21-18(25)9-12-11-24-8-7-14-13-5-3-4-6-16(13)23-20(14)17(24)10-15(12)19(21)22(26)28-2/h3-6,12,15,17-19,21,23,25H,7-11H2,1-2H3. The van der Waals surface area contributed by atoms with E-state index in [9.17, 15) is 9.90 Å². The fourth-order valence-corrected chi connectivity index (χ4v) is 6.11. The molecule has 2 aliphatic heterocycles. The van der Waals surface area contributed by atoms with Crippen LogP contribution in [0.5, 0.6) is 0 Å². The molecular weight excluding hydrogens is 356 g/mol. The molecule has 0 radical (unpaired) electrons. The molecule has 6 heteroatoms. The topological polar surface area (TPSA) is 74.8 Å². The number of esters is 1. The number of H-pyrrole nitrogens is 1. The second-order valence-corrected chi connectivity index (χ2v) is 8.54. The molecule has 6 unspecified atom stereocenters. The Morgan fingerprint density at radius 2 is 2.07 bits per heavy atom. The molecule has 3 heterocycles. The molecule has 1 saturated heterocycles. The number of aromatic amines is 1. The van der Waals surface area contributed by atoms with Crippen molar-refractivity contribution in [2.45, 2.75) is 37.5 Å². The van der Waals surface area contributed by atoms with Crippen molar-refractivity contribution in [3.63, 3.8) is 0 Å². The summed E-state index contributed by atoms with van der Waals surface area (Å²) in [5.74, 6) is -0.241. The smallest absolute Gasteiger partial charge is 0.311 e. The Morgan fingerprint density at radius 1 is 1.25 bits per heavy atom. The van der Waals surface area contributed by atoms with Gasteiger partial charge in [0.05, 0.1) is 31.3 Å². The SMILES string of the molecule is COC(=O)C1C2CC3c4[nH]c5ccccc5c4CCN3CC2CC(O)C1OC. The number of fused-ring (bicyclic) bond motifs is 6. The van der Waals surface area contributed by atoms with Gasteiger partial charge in [0.15, 0.2) is 0 Å². The van der Waals surface area contributed by atoms with E-state index in [2.05, 4.69) is 34.1 Å². The number of aliphatic hydroxyl groups excluding tert-OH is 1. The Hall–Kier alpha value is -1.89. The fraction of sp³-hybridized carbons (Fsp3) is 0.591. The molecule has 0 amide bonds. The van der Waals surface area contributed by atoms with Gasteiger partial charge < -0.3 is 19.6 Å². The lowest BCUT2D eigenvalue weighted by Crippen LogP contribution is -2.57. The van der Waals surface area contributed by atoms with Gasteiger partial charge in [0, 0.05) is 36.8 Å². The Morgan fingerprint density at radius 3 is 2.86 bits per heavy atom. The van der Waals surface area contributed by atoms with Crippen molar-refractivity contribution >= 4 is 16.9 Å². The third kappa shape index (κ3) is 2.62. The highest BCUT2D eigenvalue weighted by Crippen LogP contribution is 2.49. The second kappa shape index (κ2) is 6.87. The van der Waals surface area contributed by atoms with Gasteiger partial charge in [-0.2, -0.15) is 0 Å². The molecule has 0 bridgehead atoms. The van der Waals surface area contributed by atoms with Gasteiger partial charge in [-0.1, -0.05) is 18.2 Å². The van der Waals surface area contributed by atoms with Gasteiger partial charge in [0.1, 0.15) is 0 Å². The van der Waals surface area contributed by atoms with E-state index in [-0.39, 0.29) is 23.8 Å². The van der Waals surface area contributed by atoms with E-state index in [0.717, 1.165) is 25.9 Å². The molecular formula is C22H28N2O4. The number of piperidine rings is 1. The first-order chi connectivity index (χ1) is 13.6. The Bertz CT molecular complexity index is 894. The molecule has 2 aromatic rings. The number of nitrogens with one attached hydrogen (secondary N) is 1. The Labute approximate surface area is 164 Å². The van der Waals surface area contributed by atoms with E-state index in [1.165, 1.54) is 29.3 Å². The van der Waals surface area contributed by atoms with Crippen LogP contribution in [0.3, 0.4) is 0 Å². The predicted octanol–water partition coefficient (Wildman–Crippen LogP) is 2.27. The summed E-state index contributed by atoms with van der Waals surface area (Å²) in [7, 11) is 3.01. The van der Waals surface area contributed by atoms with Gasteiger partial charge in [-0.3, -0.25) is 9.69 Å². The monoisotopic (exact) mass is 384 g/mol. The highest BCUT2D eigenvalue weighted by molar-refractivity contribution is 5.85. The van der Waals surface area contributed by atoms with E-state index in [1.807, 2.05) is 0 Å². The van der Waals surface area contributed by atoms with Crippen molar-refractivity contribution in [2.24, 2.45) is 17.8 Å². The lowest BCUT2D eigenvalue weighted by Gasteiger charge is -2.52. The lowest BCUT2D eigenvalue weighted by atomic mass is 9.64. The van der Waals surface area contributed by atoms with Gasteiger partial charge in [-0.25, -0.2) is 0 Å². The highest BCUT2D eigenvalue weighted by atomic mass is 16.5. The van der Waals surface area contributed by atoms with Gasteiger partial charge in [0.25, 0.3) is 0 Å². The molecule has 1 saturated carbocycles. The zero-order valence-corrected chi connectivity index (χ0v) is 16.4. The Kier molecular flexibility index (Phi) is 4.45. The highest BCUT2D eigenvalue weighted by Gasteiger charge is 2.53. The molecule has 5 rings (SSSR count). The van der Waals surface area contributed by atoms with Gasteiger partial charge in [0.2, 0.25) is 0 Å². The number of methoxy groups -OCH3 is 2. The fourth-order valence-electron chi connectivity index (χ4n) is 6.11. The van der Waals surface area contributed by atoms with Crippen LogP contribution in [0.1, 0.15) is 30.1 Å². The summed E-state index contributed by atoms with van der Waals surface area (Å²) in [5, 5.41) is 11.9. The molecule has 150 valence electrons. The third-order valence-corrected chi connectivity index (χ3v) is 7.32. The lowest BCUT2D eigenvalue weighted by molar-refractivity contribution is -0.175. The van der Waals surface area contributed by atoms with Crippen molar-refractivity contribution in [3.05, 3.63) is 35.5 Å². The first-order valence-electron chi connectivity index (χ1n) is 10.2. The summed E-state index contributed by atoms with van der Waals surface area (Å²) in [4.78, 5) is 18.8. The molecule has 2 N–H and O–H groups in total. The number of benzene rings is 1. The van der Waals surface area contributed by atoms with Crippen molar-refractivity contribution in [1.82, 2.24) is 9.88 Å². The first kappa shape index (κ1) is 18.2. The Balaban J connectivity index is 1.52. The summed E-state index contributed by atoms with van der Waals surface area (Å²) >= 11 is 0. The summed E-state index contributed by atoms with van der Waals surface area (Å²) < 4.78 is 10.7. The minimum Gasteiger partial charge on any atom is -0.469 e. The number of aromatic nitrogens is 1. The summed E-state index contributed by atoms with van der Waals surface area (Å²) in [6, 6.07) is 8.77. The normalized spacial score (nSPS) is 35.1. The van der Waals surface area contributed by atoms with Crippen molar-refractivity contribution in [1.29, 1.82) is 0 Å². The van der Waals surface area contributed by atoms with Crippen LogP contribution in [0.15, 0.2) is 24.3 Å². The summed E-state index contributed by atoms with van der Waals surface area (Å²) in [6.45, 7) is 1.93. The first-order valence-corrected chi connectivity index (χ1v) is 10.2. The van der Waals surface area contributed by atoms with Crippen molar-refractivity contribution in [3.8, 4) is 0 Å². The van der Waals surface area contributed by atoms with E-state index in [4.69, 9.17) is 9.47 Å². The van der Waals surface area contributed by atoms with Crippen LogP contribution in [0.4, 0.5) is 0 Å². The molecule has 6 atom stereocenters. The van der Waals surface area contributed by atoms with E-state index < -0.39 is 18.1 Å². The van der Waals surface area contributed by atoms with Crippen molar-refractivity contribution < 1.29 is 19.4 Å². The van der Waals surface area contributed by atoms with Crippen molar-refractivity contribution in [2.75, 3.05) is 27.3 Å². The number of nitrogens with zero attached hydrogens (tertiary/aromatic N) is 1. The largest absolute Gasteiger partial charge is 0.469 e. The van der Waals surface area contributed by atoms with Crippen LogP contribution in [0.2, 0.25) is 0 Å². The number of para-hydroxylation sites is 1. The third-order valence-electron chi connectivity index (χ3n) is 7.32. The minimum absolute atomic E-state index is 0.152. The number of hydrogen-bond donors (Lipinski definition) is 2. The maximum absolute atomic E-state index is 12.6. The molecule has 2 fully saturated rings. The van der Waals surface area contributed by atoms with Gasteiger partial charge in [-0.15, -0.1) is 0 Å². The van der Waals surface area contributed by atoms with Crippen LogP contribution in [0.25, 0.3) is 10.9 Å². The number of aliphatic hydroxyl groups is 1. The summed E-state index contributed by atoms with van der Waals surface area (Å²) in [6.07, 6.45) is 1.49. The van der Waals surface area contributed by atoms with Gasteiger partial charge >= 0.3 is 5.97 Å². The minimum atomic E-state index is -0.625. The maximum Gasteiger partial charge on any atom is 0.311 e. The number of hydrogen-bond acceptors (Lipinski definition) is 5. The van der Waals surface area contributed by atoms with E-state index in [1.54, 1.807) is 7.11 Å². The number of ether oxygens (including phenoxy) is 2. The average Bonchev–Trinajstić information content (AvgIpc) is 3.10. The molecule has 6 nitrogen and oxygen atoms in total. The van der Waals surface area contributed by atoms with Gasteiger partial charge in [-0.05, 0) is 42.7 Å². The molecule has 3 aliphatic rings. The quantitative estimate of drug-likeness (QED) is 0.777. The van der Waals surface area contributed by atoms with Crippen LogP contribution in [-0.4, -0.2) is 60.5 Å². The number of carbonyl (C=O) groups excluding carboxylic acids is 1. The van der Waals surface area contributed by atoms with Crippen LogP contribution < -0.4 is 0 Å². The number of carbonyl (C=O) groups is 1. The molecule has 1 aliphatic carbocycles. The maximum atomic E-state index is 12.6. The molecule has 28 heavy (non-hydrogen) atoms. The van der Waals surface area contributed by atoms with E-state index >= 15 is 0 Å². The van der Waals surface area contributed by atoms with Crippen LogP contribution in [-0.2, 0) is 20.7 Å². The van der Waals surface area contributed by atoms with Crippen LogP contribution in [0, 0.1) is 17.8 Å².